The first-order chi connectivity index (χ1) is 12.0. The predicted octanol–water partition coefficient (Wildman–Crippen LogP) is 0.809. The summed E-state index contributed by atoms with van der Waals surface area (Å²) >= 11 is 1.15. The van der Waals surface area contributed by atoms with Crippen molar-refractivity contribution in [2.45, 2.75) is 23.8 Å². The molecule has 0 N–H and O–H groups in total. The first-order valence-electron chi connectivity index (χ1n) is 8.29. The molecule has 1 aromatic rings. The van der Waals surface area contributed by atoms with Gasteiger partial charge in [0, 0.05) is 32.7 Å². The van der Waals surface area contributed by atoms with E-state index in [1.807, 2.05) is 0 Å². The van der Waals surface area contributed by atoms with Gasteiger partial charge in [-0.2, -0.15) is 4.31 Å². The number of sulfonamides is 1. The smallest absolute Gasteiger partial charge is 0.410 e. The van der Waals surface area contributed by atoms with Gasteiger partial charge in [-0.15, -0.1) is 11.3 Å². The molecule has 10 heteroatoms. The van der Waals surface area contributed by atoms with E-state index in [4.69, 9.17) is 4.74 Å². The number of thiophene rings is 1. The Kier molecular flexibility index (Phi) is 4.20. The van der Waals surface area contributed by atoms with Crippen molar-refractivity contribution in [1.29, 1.82) is 0 Å². The summed E-state index contributed by atoms with van der Waals surface area (Å²) in [4.78, 5) is 28.1. The molecule has 0 spiro atoms. The lowest BCUT2D eigenvalue weighted by Gasteiger charge is -2.35. The Labute approximate surface area is 150 Å². The van der Waals surface area contributed by atoms with Gasteiger partial charge < -0.3 is 9.64 Å². The molecular formula is C15H19N3O5S2. The highest BCUT2D eigenvalue weighted by Crippen LogP contribution is 2.29. The highest BCUT2D eigenvalue weighted by molar-refractivity contribution is 7.89. The van der Waals surface area contributed by atoms with Crippen LogP contribution in [0, 0.1) is 0 Å². The van der Waals surface area contributed by atoms with E-state index in [0.29, 0.717) is 32.7 Å². The number of rotatable bonds is 3. The van der Waals surface area contributed by atoms with Crippen LogP contribution in [0.1, 0.15) is 22.5 Å². The third-order valence-electron chi connectivity index (χ3n) is 4.91. The van der Waals surface area contributed by atoms with Crippen molar-refractivity contribution in [2.75, 3.05) is 39.3 Å². The lowest BCUT2D eigenvalue weighted by atomic mass is 10.2. The Balaban J connectivity index is 1.56. The average molecular weight is 385 g/mol. The van der Waals surface area contributed by atoms with E-state index >= 15 is 0 Å². The van der Waals surface area contributed by atoms with Gasteiger partial charge in [0.2, 0.25) is 10.0 Å². The number of amides is 2. The van der Waals surface area contributed by atoms with Crippen LogP contribution in [-0.2, 0) is 14.8 Å². The van der Waals surface area contributed by atoms with E-state index in [1.54, 1.807) is 15.2 Å². The van der Waals surface area contributed by atoms with Gasteiger partial charge in [0.1, 0.15) is 16.4 Å². The van der Waals surface area contributed by atoms with Crippen LogP contribution in [0.4, 0.5) is 4.79 Å². The van der Waals surface area contributed by atoms with Crippen molar-refractivity contribution in [3.63, 3.8) is 0 Å². The molecule has 4 rings (SSSR count). The molecule has 3 aliphatic heterocycles. The van der Waals surface area contributed by atoms with Gasteiger partial charge in [0.25, 0.3) is 5.91 Å². The third-order valence-corrected chi connectivity index (χ3v) is 7.88. The average Bonchev–Trinajstić information content (AvgIpc) is 3.35. The van der Waals surface area contributed by atoms with E-state index in [1.165, 1.54) is 10.4 Å². The number of piperazine rings is 1. The summed E-state index contributed by atoms with van der Waals surface area (Å²) in [7, 11) is -3.63. The summed E-state index contributed by atoms with van der Waals surface area (Å²) in [6.45, 7) is 2.44. The molecule has 0 bridgehead atoms. The molecule has 0 aromatic carbocycles. The minimum absolute atomic E-state index is 0.102. The summed E-state index contributed by atoms with van der Waals surface area (Å²) in [5.41, 5.74) is 0. The molecular weight excluding hydrogens is 366 g/mol. The highest BCUT2D eigenvalue weighted by Gasteiger charge is 2.40. The van der Waals surface area contributed by atoms with E-state index in [2.05, 4.69) is 0 Å². The maximum atomic E-state index is 12.9. The first kappa shape index (κ1) is 16.8. The normalized spacial score (nSPS) is 24.5. The predicted molar refractivity (Wildman–Crippen MR) is 90.1 cm³/mol. The third kappa shape index (κ3) is 2.81. The summed E-state index contributed by atoms with van der Waals surface area (Å²) in [5.74, 6) is -0.285. The van der Waals surface area contributed by atoms with Crippen LogP contribution in [0.5, 0.6) is 0 Å². The highest BCUT2D eigenvalue weighted by atomic mass is 32.2. The number of hydrogen-bond acceptors (Lipinski definition) is 6. The number of nitrogens with zero attached hydrogens (tertiary/aromatic N) is 3. The van der Waals surface area contributed by atoms with E-state index < -0.39 is 10.0 Å². The molecule has 1 atom stereocenters. The monoisotopic (exact) mass is 385 g/mol. The summed E-state index contributed by atoms with van der Waals surface area (Å²) < 4.78 is 32.1. The van der Waals surface area contributed by atoms with Crippen LogP contribution in [0.3, 0.4) is 0 Å². The van der Waals surface area contributed by atoms with Gasteiger partial charge in [-0.1, -0.05) is 0 Å². The Hall–Kier alpha value is -1.65. The second-order valence-electron chi connectivity index (χ2n) is 6.40. The van der Waals surface area contributed by atoms with Crippen LogP contribution >= 0.6 is 11.3 Å². The van der Waals surface area contributed by atoms with Crippen LogP contribution in [0.25, 0.3) is 0 Å². The quantitative estimate of drug-likeness (QED) is 0.768. The fourth-order valence-electron chi connectivity index (χ4n) is 3.54. The minimum Gasteiger partial charge on any atom is -0.447 e. The molecule has 3 fully saturated rings. The van der Waals surface area contributed by atoms with Gasteiger partial charge in [-0.3, -0.25) is 9.69 Å². The van der Waals surface area contributed by atoms with Gasteiger partial charge >= 0.3 is 6.09 Å². The number of ether oxygens (including phenoxy) is 1. The molecule has 1 aromatic heterocycles. The fourth-order valence-corrected chi connectivity index (χ4v) is 6.42. The van der Waals surface area contributed by atoms with E-state index in [0.717, 1.165) is 24.2 Å². The van der Waals surface area contributed by atoms with Gasteiger partial charge in [-0.25, -0.2) is 13.2 Å². The molecule has 136 valence electrons. The van der Waals surface area contributed by atoms with Crippen LogP contribution in [0.2, 0.25) is 0 Å². The molecule has 0 unspecified atom stereocenters. The fraction of sp³-hybridized carbons (Fsp3) is 0.600. The topological polar surface area (TPSA) is 87.2 Å². The van der Waals surface area contributed by atoms with Crippen molar-refractivity contribution in [2.24, 2.45) is 0 Å². The van der Waals surface area contributed by atoms with Crippen LogP contribution in [0.15, 0.2) is 16.3 Å². The number of carbonyl (C=O) groups is 2. The lowest BCUT2D eigenvalue weighted by Crippen LogP contribution is -2.53. The van der Waals surface area contributed by atoms with Crippen molar-refractivity contribution in [3.05, 3.63) is 16.3 Å². The van der Waals surface area contributed by atoms with Crippen molar-refractivity contribution in [3.8, 4) is 0 Å². The van der Waals surface area contributed by atoms with Crippen LogP contribution < -0.4 is 0 Å². The largest absolute Gasteiger partial charge is 0.447 e. The van der Waals surface area contributed by atoms with E-state index in [-0.39, 0.29) is 34.4 Å². The number of hydrogen-bond donors (Lipinski definition) is 0. The molecule has 4 heterocycles. The molecule has 2 amide bonds. The Morgan fingerprint density at radius 3 is 2.72 bits per heavy atom. The van der Waals surface area contributed by atoms with Gasteiger partial charge in [-0.05, 0) is 24.3 Å². The zero-order chi connectivity index (χ0) is 17.6. The Morgan fingerprint density at radius 1 is 1.20 bits per heavy atom. The van der Waals surface area contributed by atoms with Crippen molar-refractivity contribution in [1.82, 2.24) is 14.1 Å². The zero-order valence-corrected chi connectivity index (χ0v) is 15.2. The summed E-state index contributed by atoms with van der Waals surface area (Å²) in [6.07, 6.45) is 1.36. The minimum atomic E-state index is -3.63. The Bertz CT molecular complexity index is 800. The number of fused-ring (bicyclic) bond motifs is 1. The molecule has 25 heavy (non-hydrogen) atoms. The summed E-state index contributed by atoms with van der Waals surface area (Å²) in [6, 6.07) is 1.37. The lowest BCUT2D eigenvalue weighted by molar-refractivity contribution is 0.0618. The van der Waals surface area contributed by atoms with Crippen molar-refractivity contribution >= 4 is 33.4 Å². The van der Waals surface area contributed by atoms with Gasteiger partial charge in [0.05, 0.1) is 6.04 Å². The van der Waals surface area contributed by atoms with Gasteiger partial charge in [0.15, 0.2) is 0 Å². The standard InChI is InChI=1S/C15H19N3O5S2/c19-14(16-6-7-18-11(9-16)10-23-15(18)20)13-12(3-8-24-13)25(21,22)17-4-1-2-5-17/h3,8,11H,1-2,4-7,9-10H2/t11-/m1/s1. The van der Waals surface area contributed by atoms with E-state index in [9.17, 15) is 18.0 Å². The second-order valence-corrected chi connectivity index (χ2v) is 9.22. The molecule has 0 aliphatic carbocycles. The maximum Gasteiger partial charge on any atom is 0.410 e. The molecule has 0 saturated carbocycles. The summed E-state index contributed by atoms with van der Waals surface area (Å²) in [5, 5.41) is 1.65. The van der Waals surface area contributed by atoms with Crippen LogP contribution in [-0.4, -0.2) is 79.9 Å². The molecule has 3 saturated heterocycles. The maximum absolute atomic E-state index is 12.9. The van der Waals surface area contributed by atoms with Crippen molar-refractivity contribution < 1.29 is 22.7 Å². The molecule has 0 radical (unpaired) electrons. The zero-order valence-electron chi connectivity index (χ0n) is 13.6. The second kappa shape index (κ2) is 6.26. The Morgan fingerprint density at radius 2 is 1.96 bits per heavy atom. The SMILES string of the molecule is O=C(c1sccc1S(=O)(=O)N1CCCC1)N1CCN2C(=O)OC[C@H]2C1. The molecule has 3 aliphatic rings. The number of carbonyl (C=O) groups excluding carboxylic acids is 2. The molecule has 8 nitrogen and oxygen atoms in total. The first-order valence-corrected chi connectivity index (χ1v) is 10.6. The number of cyclic esters (lactones) is 1.